The van der Waals surface area contributed by atoms with Gasteiger partial charge in [-0.3, -0.25) is 0 Å². The molecule has 0 saturated carbocycles. The van der Waals surface area contributed by atoms with Crippen molar-refractivity contribution in [3.8, 4) is 0 Å². The maximum absolute atomic E-state index is 12.9. The highest BCUT2D eigenvalue weighted by Gasteiger charge is 2.36. The number of para-hydroxylation sites is 2. The number of nitrogens with zero attached hydrogens (tertiary/aromatic N) is 2. The molecule has 0 saturated heterocycles. The zero-order chi connectivity index (χ0) is 13.3. The summed E-state index contributed by atoms with van der Waals surface area (Å²) in [6.45, 7) is 3.72. The van der Waals surface area contributed by atoms with Crippen LogP contribution in [0.3, 0.4) is 0 Å². The molecule has 0 aliphatic rings. The summed E-state index contributed by atoms with van der Waals surface area (Å²) in [5.41, 5.74) is -0.0652. The first-order valence-electron chi connectivity index (χ1n) is 5.71. The minimum atomic E-state index is -4.46. The van der Waals surface area contributed by atoms with E-state index in [1.807, 2.05) is 13.8 Å². The van der Waals surface area contributed by atoms with Crippen LogP contribution in [0.1, 0.15) is 25.2 Å². The Morgan fingerprint density at radius 2 is 1.61 bits per heavy atom. The number of alkyl halides is 3. The quantitative estimate of drug-likeness (QED) is 0.813. The van der Waals surface area contributed by atoms with Gasteiger partial charge in [0.05, 0.1) is 16.7 Å². The van der Waals surface area contributed by atoms with Crippen molar-refractivity contribution in [1.29, 1.82) is 0 Å². The number of fused-ring (bicyclic) bond motifs is 1. The Balaban J connectivity index is 2.64. The van der Waals surface area contributed by atoms with E-state index in [4.69, 9.17) is 0 Å². The highest BCUT2D eigenvalue weighted by molar-refractivity contribution is 5.74. The molecule has 5 heteroatoms. The van der Waals surface area contributed by atoms with Gasteiger partial charge in [-0.05, 0) is 24.5 Å². The fourth-order valence-corrected chi connectivity index (χ4v) is 1.79. The highest BCUT2D eigenvalue weighted by atomic mass is 19.4. The van der Waals surface area contributed by atoms with Gasteiger partial charge in [-0.1, -0.05) is 26.0 Å². The summed E-state index contributed by atoms with van der Waals surface area (Å²) in [4.78, 5) is 7.81. The van der Waals surface area contributed by atoms with Crippen LogP contribution in [0.5, 0.6) is 0 Å². The van der Waals surface area contributed by atoms with Crippen molar-refractivity contribution in [1.82, 2.24) is 9.97 Å². The first-order chi connectivity index (χ1) is 8.38. The molecular formula is C13H13F3N2. The standard InChI is InChI=1S/C13H13F3N2/c1-8(2)7-11-12(13(14,15)16)18-10-6-4-3-5-9(10)17-11/h3-6,8H,7H2,1-2H3. The van der Waals surface area contributed by atoms with E-state index in [0.29, 0.717) is 5.52 Å². The van der Waals surface area contributed by atoms with Crippen molar-refractivity contribution in [2.45, 2.75) is 26.4 Å². The van der Waals surface area contributed by atoms with Gasteiger partial charge in [-0.25, -0.2) is 9.97 Å². The lowest BCUT2D eigenvalue weighted by molar-refractivity contribution is -0.141. The fourth-order valence-electron chi connectivity index (χ4n) is 1.79. The second-order valence-corrected chi connectivity index (χ2v) is 4.60. The van der Waals surface area contributed by atoms with Crippen molar-refractivity contribution in [3.63, 3.8) is 0 Å². The van der Waals surface area contributed by atoms with Crippen LogP contribution in [-0.2, 0) is 12.6 Å². The lowest BCUT2D eigenvalue weighted by atomic mass is 10.1. The predicted molar refractivity (Wildman–Crippen MR) is 63.1 cm³/mol. The molecule has 0 N–H and O–H groups in total. The van der Waals surface area contributed by atoms with Crippen molar-refractivity contribution >= 4 is 11.0 Å². The molecule has 1 aromatic carbocycles. The van der Waals surface area contributed by atoms with Crippen LogP contribution in [0, 0.1) is 5.92 Å². The maximum atomic E-state index is 12.9. The molecule has 2 nitrogen and oxygen atoms in total. The van der Waals surface area contributed by atoms with Crippen LogP contribution in [0.25, 0.3) is 11.0 Å². The van der Waals surface area contributed by atoms with E-state index in [-0.39, 0.29) is 23.5 Å². The van der Waals surface area contributed by atoms with E-state index in [2.05, 4.69) is 9.97 Å². The summed E-state index contributed by atoms with van der Waals surface area (Å²) < 4.78 is 38.8. The van der Waals surface area contributed by atoms with Gasteiger partial charge in [0.25, 0.3) is 0 Å². The average Bonchev–Trinajstić information content (AvgIpc) is 2.26. The van der Waals surface area contributed by atoms with Crippen LogP contribution in [0.15, 0.2) is 24.3 Å². The Morgan fingerprint density at radius 3 is 2.11 bits per heavy atom. The van der Waals surface area contributed by atoms with E-state index in [0.717, 1.165) is 0 Å². The minimum Gasteiger partial charge on any atom is -0.249 e. The van der Waals surface area contributed by atoms with Crippen LogP contribution in [0.2, 0.25) is 0 Å². The fraction of sp³-hybridized carbons (Fsp3) is 0.385. The molecule has 0 aliphatic carbocycles. The second-order valence-electron chi connectivity index (χ2n) is 4.60. The summed E-state index contributed by atoms with van der Waals surface area (Å²) in [5, 5.41) is 0. The topological polar surface area (TPSA) is 25.8 Å². The van der Waals surface area contributed by atoms with Crippen LogP contribution in [-0.4, -0.2) is 9.97 Å². The molecule has 0 bridgehead atoms. The molecule has 0 spiro atoms. The van der Waals surface area contributed by atoms with Gasteiger partial charge in [0.1, 0.15) is 0 Å². The Labute approximate surface area is 103 Å². The van der Waals surface area contributed by atoms with E-state index in [9.17, 15) is 13.2 Å². The van der Waals surface area contributed by atoms with E-state index in [1.165, 1.54) is 6.07 Å². The number of aromatic nitrogens is 2. The smallest absolute Gasteiger partial charge is 0.249 e. The van der Waals surface area contributed by atoms with Crippen molar-refractivity contribution in [3.05, 3.63) is 35.7 Å². The van der Waals surface area contributed by atoms with E-state index >= 15 is 0 Å². The number of rotatable bonds is 2. The first kappa shape index (κ1) is 12.8. The third-order valence-electron chi connectivity index (χ3n) is 2.51. The molecule has 2 rings (SSSR count). The normalized spacial score (nSPS) is 12.3. The lowest BCUT2D eigenvalue weighted by Crippen LogP contribution is -2.15. The zero-order valence-corrected chi connectivity index (χ0v) is 10.1. The van der Waals surface area contributed by atoms with Gasteiger partial charge in [0.2, 0.25) is 0 Å². The summed E-state index contributed by atoms with van der Waals surface area (Å²) in [6.07, 6.45) is -4.19. The molecule has 0 unspecified atom stereocenters. The molecule has 1 heterocycles. The van der Waals surface area contributed by atoms with Crippen LogP contribution >= 0.6 is 0 Å². The number of halogens is 3. The van der Waals surface area contributed by atoms with Crippen LogP contribution < -0.4 is 0 Å². The summed E-state index contributed by atoms with van der Waals surface area (Å²) in [7, 11) is 0. The largest absolute Gasteiger partial charge is 0.435 e. The third kappa shape index (κ3) is 2.60. The molecule has 1 aromatic heterocycles. The monoisotopic (exact) mass is 254 g/mol. The highest BCUT2D eigenvalue weighted by Crippen LogP contribution is 2.31. The molecule has 0 atom stereocenters. The number of hydrogen-bond acceptors (Lipinski definition) is 2. The first-order valence-corrected chi connectivity index (χ1v) is 5.71. The Hall–Kier alpha value is -1.65. The Kier molecular flexibility index (Phi) is 3.24. The van der Waals surface area contributed by atoms with Gasteiger partial charge >= 0.3 is 6.18 Å². The van der Waals surface area contributed by atoms with E-state index < -0.39 is 11.9 Å². The minimum absolute atomic E-state index is 0.0243. The van der Waals surface area contributed by atoms with Gasteiger partial charge in [0, 0.05) is 0 Å². The molecule has 18 heavy (non-hydrogen) atoms. The number of hydrogen-bond donors (Lipinski definition) is 0. The predicted octanol–water partition coefficient (Wildman–Crippen LogP) is 3.85. The maximum Gasteiger partial charge on any atom is 0.435 e. The molecular weight excluding hydrogens is 241 g/mol. The van der Waals surface area contributed by atoms with Gasteiger partial charge in [-0.2, -0.15) is 13.2 Å². The van der Waals surface area contributed by atoms with Gasteiger partial charge in [0.15, 0.2) is 5.69 Å². The van der Waals surface area contributed by atoms with Gasteiger partial charge < -0.3 is 0 Å². The zero-order valence-electron chi connectivity index (χ0n) is 10.1. The molecule has 0 amide bonds. The molecule has 96 valence electrons. The summed E-state index contributed by atoms with van der Waals surface area (Å²) in [5.74, 6) is 0.0987. The number of benzene rings is 1. The van der Waals surface area contributed by atoms with Crippen molar-refractivity contribution < 1.29 is 13.2 Å². The Bertz CT molecular complexity index is 562. The Morgan fingerprint density at radius 1 is 1.06 bits per heavy atom. The lowest BCUT2D eigenvalue weighted by Gasteiger charge is -2.13. The van der Waals surface area contributed by atoms with Crippen LogP contribution in [0.4, 0.5) is 13.2 Å². The van der Waals surface area contributed by atoms with Crippen molar-refractivity contribution in [2.24, 2.45) is 5.92 Å². The molecule has 0 fully saturated rings. The second kappa shape index (κ2) is 4.55. The van der Waals surface area contributed by atoms with Crippen molar-refractivity contribution in [2.75, 3.05) is 0 Å². The molecule has 0 radical (unpaired) electrons. The SMILES string of the molecule is CC(C)Cc1nc2ccccc2nc1C(F)(F)F. The molecule has 2 aromatic rings. The van der Waals surface area contributed by atoms with E-state index in [1.54, 1.807) is 18.2 Å². The molecule has 0 aliphatic heterocycles. The summed E-state index contributed by atoms with van der Waals surface area (Å²) >= 11 is 0. The summed E-state index contributed by atoms with van der Waals surface area (Å²) in [6, 6.07) is 6.60. The average molecular weight is 254 g/mol. The third-order valence-corrected chi connectivity index (χ3v) is 2.51. The van der Waals surface area contributed by atoms with Gasteiger partial charge in [-0.15, -0.1) is 0 Å².